The molecule has 0 aliphatic rings. The summed E-state index contributed by atoms with van der Waals surface area (Å²) in [5, 5.41) is 0. The second kappa shape index (κ2) is 7.10. The molecule has 0 aliphatic heterocycles. The maximum atomic E-state index is 5.79. The predicted octanol–water partition coefficient (Wildman–Crippen LogP) is 4.53. The van der Waals surface area contributed by atoms with E-state index < -0.39 is 0 Å². The molecule has 0 radical (unpaired) electrons. The van der Waals surface area contributed by atoms with Crippen LogP contribution >= 0.6 is 0 Å². The second-order valence-electron chi connectivity index (χ2n) is 4.42. The highest BCUT2D eigenvalue weighted by molar-refractivity contribution is 5.47. The van der Waals surface area contributed by atoms with E-state index in [4.69, 9.17) is 4.74 Å². The third-order valence-electron chi connectivity index (χ3n) is 3.26. The number of benzene rings is 1. The summed E-state index contributed by atoms with van der Waals surface area (Å²) < 4.78 is 5.79. The molecular formula is C16H25NO. The minimum atomic E-state index is 0.104. The van der Waals surface area contributed by atoms with Crippen LogP contribution in [0.1, 0.15) is 46.3 Å². The van der Waals surface area contributed by atoms with Crippen LogP contribution in [-0.4, -0.2) is 13.1 Å². The summed E-state index contributed by atoms with van der Waals surface area (Å²) in [6, 6.07) is 8.66. The third kappa shape index (κ3) is 3.80. The van der Waals surface area contributed by atoms with Crippen LogP contribution in [0, 0.1) is 0 Å². The van der Waals surface area contributed by atoms with Crippen molar-refractivity contribution in [2.75, 3.05) is 18.0 Å². The molecule has 1 rings (SSSR count). The van der Waals surface area contributed by atoms with Crippen molar-refractivity contribution in [1.29, 1.82) is 0 Å². The minimum Gasteiger partial charge on any atom is -0.491 e. The highest BCUT2D eigenvalue weighted by Gasteiger charge is 2.07. The van der Waals surface area contributed by atoms with Gasteiger partial charge < -0.3 is 9.64 Å². The van der Waals surface area contributed by atoms with E-state index in [1.807, 2.05) is 19.9 Å². The van der Waals surface area contributed by atoms with E-state index in [0.717, 1.165) is 18.8 Å². The van der Waals surface area contributed by atoms with Crippen molar-refractivity contribution >= 4 is 5.69 Å². The van der Waals surface area contributed by atoms with E-state index in [9.17, 15) is 0 Å². The third-order valence-corrected chi connectivity index (χ3v) is 3.26. The zero-order chi connectivity index (χ0) is 13.5. The predicted molar refractivity (Wildman–Crippen MR) is 78.9 cm³/mol. The normalized spacial score (nSPS) is 13.3. The van der Waals surface area contributed by atoms with Crippen LogP contribution in [0.2, 0.25) is 0 Å². The van der Waals surface area contributed by atoms with E-state index >= 15 is 0 Å². The molecule has 0 N–H and O–H groups in total. The monoisotopic (exact) mass is 247 g/mol. The first-order chi connectivity index (χ1) is 8.62. The Hall–Kier alpha value is -1.44. The molecule has 18 heavy (non-hydrogen) atoms. The maximum Gasteiger partial charge on any atom is 0.120 e. The molecule has 0 amide bonds. The fourth-order valence-electron chi connectivity index (χ4n) is 1.96. The van der Waals surface area contributed by atoms with Crippen LogP contribution in [0.5, 0.6) is 0 Å². The number of rotatable bonds is 6. The van der Waals surface area contributed by atoms with Gasteiger partial charge in [-0.3, -0.25) is 0 Å². The molecule has 1 atom stereocenters. The Bertz CT molecular complexity index is 377. The van der Waals surface area contributed by atoms with Gasteiger partial charge in [-0.25, -0.2) is 0 Å². The summed E-state index contributed by atoms with van der Waals surface area (Å²) in [4.78, 5) is 2.34. The molecule has 0 aliphatic carbocycles. The SMILES string of the molecule is CC=C(C)OC(C)c1ccc(N(CC)CC)cc1. The first-order valence-corrected chi connectivity index (χ1v) is 6.76. The quantitative estimate of drug-likeness (QED) is 0.685. The van der Waals surface area contributed by atoms with Gasteiger partial charge in [0, 0.05) is 18.8 Å². The highest BCUT2D eigenvalue weighted by Crippen LogP contribution is 2.23. The Balaban J connectivity index is 2.76. The Kier molecular flexibility index (Phi) is 5.76. The van der Waals surface area contributed by atoms with Gasteiger partial charge in [-0.05, 0) is 58.4 Å². The van der Waals surface area contributed by atoms with Gasteiger partial charge in [-0.15, -0.1) is 0 Å². The van der Waals surface area contributed by atoms with Crippen LogP contribution in [-0.2, 0) is 4.74 Å². The summed E-state index contributed by atoms with van der Waals surface area (Å²) in [6.45, 7) is 12.5. The topological polar surface area (TPSA) is 12.5 Å². The number of hydrogen-bond donors (Lipinski definition) is 0. The Morgan fingerprint density at radius 3 is 2.22 bits per heavy atom. The number of allylic oxidation sites excluding steroid dienone is 2. The smallest absolute Gasteiger partial charge is 0.120 e. The van der Waals surface area contributed by atoms with Crippen LogP contribution in [0.15, 0.2) is 36.1 Å². The Morgan fingerprint density at radius 1 is 1.22 bits per heavy atom. The molecule has 0 fully saturated rings. The van der Waals surface area contributed by atoms with Crippen LogP contribution < -0.4 is 4.90 Å². The molecule has 2 heteroatoms. The number of nitrogens with zero attached hydrogens (tertiary/aromatic N) is 1. The molecule has 100 valence electrons. The molecule has 1 aromatic rings. The molecule has 1 unspecified atom stereocenters. The van der Waals surface area contributed by atoms with Gasteiger partial charge in [0.1, 0.15) is 6.10 Å². The molecule has 0 saturated carbocycles. The lowest BCUT2D eigenvalue weighted by atomic mass is 10.1. The second-order valence-corrected chi connectivity index (χ2v) is 4.42. The van der Waals surface area contributed by atoms with Crippen LogP contribution in [0.3, 0.4) is 0 Å². The van der Waals surface area contributed by atoms with Gasteiger partial charge in [-0.2, -0.15) is 0 Å². The highest BCUT2D eigenvalue weighted by atomic mass is 16.5. The molecule has 0 aromatic heterocycles. The summed E-state index contributed by atoms with van der Waals surface area (Å²) in [7, 11) is 0. The summed E-state index contributed by atoms with van der Waals surface area (Å²) >= 11 is 0. The van der Waals surface area contributed by atoms with Crippen molar-refractivity contribution in [3.05, 3.63) is 41.7 Å². The van der Waals surface area contributed by atoms with Gasteiger partial charge in [0.05, 0.1) is 5.76 Å². The fourth-order valence-corrected chi connectivity index (χ4v) is 1.96. The first-order valence-electron chi connectivity index (χ1n) is 6.76. The summed E-state index contributed by atoms with van der Waals surface area (Å²) in [5.74, 6) is 0.968. The van der Waals surface area contributed by atoms with Gasteiger partial charge in [0.25, 0.3) is 0 Å². The maximum absolute atomic E-state index is 5.79. The van der Waals surface area contributed by atoms with Crippen molar-refractivity contribution in [2.24, 2.45) is 0 Å². The van der Waals surface area contributed by atoms with Crippen molar-refractivity contribution in [3.63, 3.8) is 0 Å². The van der Waals surface area contributed by atoms with Crippen molar-refractivity contribution < 1.29 is 4.74 Å². The average Bonchev–Trinajstić information content (AvgIpc) is 2.40. The minimum absolute atomic E-state index is 0.104. The molecule has 2 nitrogen and oxygen atoms in total. The zero-order valence-corrected chi connectivity index (χ0v) is 12.2. The number of ether oxygens (including phenoxy) is 1. The largest absolute Gasteiger partial charge is 0.491 e. The van der Waals surface area contributed by atoms with Crippen molar-refractivity contribution in [3.8, 4) is 0 Å². The molecule has 0 spiro atoms. The molecular weight excluding hydrogens is 222 g/mol. The zero-order valence-electron chi connectivity index (χ0n) is 12.2. The molecule has 0 saturated heterocycles. The van der Waals surface area contributed by atoms with E-state index in [1.54, 1.807) is 0 Å². The first kappa shape index (κ1) is 14.6. The van der Waals surface area contributed by atoms with Crippen molar-refractivity contribution in [2.45, 2.75) is 40.7 Å². The van der Waals surface area contributed by atoms with Gasteiger partial charge in [-0.1, -0.05) is 12.1 Å². The lowest BCUT2D eigenvalue weighted by Crippen LogP contribution is -2.21. The number of hydrogen-bond acceptors (Lipinski definition) is 2. The van der Waals surface area contributed by atoms with Crippen molar-refractivity contribution in [1.82, 2.24) is 0 Å². The molecule has 0 bridgehead atoms. The van der Waals surface area contributed by atoms with Gasteiger partial charge >= 0.3 is 0 Å². The average molecular weight is 247 g/mol. The fraction of sp³-hybridized carbons (Fsp3) is 0.500. The summed E-state index contributed by atoms with van der Waals surface area (Å²) in [5.41, 5.74) is 2.49. The van der Waals surface area contributed by atoms with E-state index in [-0.39, 0.29) is 6.10 Å². The number of anilines is 1. The standard InChI is InChI=1S/C16H25NO/c1-6-13(4)18-14(5)15-9-11-16(12-10-15)17(7-2)8-3/h6,9-12,14H,7-8H2,1-5H3. The Morgan fingerprint density at radius 2 is 1.78 bits per heavy atom. The van der Waals surface area contributed by atoms with Crippen LogP contribution in [0.4, 0.5) is 5.69 Å². The molecule has 0 heterocycles. The van der Waals surface area contributed by atoms with E-state index in [1.165, 1.54) is 11.3 Å². The van der Waals surface area contributed by atoms with Gasteiger partial charge in [0.2, 0.25) is 0 Å². The van der Waals surface area contributed by atoms with Gasteiger partial charge in [0.15, 0.2) is 0 Å². The van der Waals surface area contributed by atoms with E-state index in [2.05, 4.69) is 49.9 Å². The lowest BCUT2D eigenvalue weighted by molar-refractivity contribution is 0.134. The van der Waals surface area contributed by atoms with Crippen LogP contribution in [0.25, 0.3) is 0 Å². The lowest BCUT2D eigenvalue weighted by Gasteiger charge is -2.22. The summed E-state index contributed by atoms with van der Waals surface area (Å²) in [6.07, 6.45) is 2.09. The molecule has 1 aromatic carbocycles. The Labute approximate surface area is 111 Å². The van der Waals surface area contributed by atoms with E-state index in [0.29, 0.717) is 0 Å².